The molecule has 0 aliphatic rings. The van der Waals surface area contributed by atoms with Crippen molar-refractivity contribution < 1.29 is 28.6 Å². The molecule has 0 N–H and O–H groups in total. The number of benzene rings is 2. The molecule has 0 saturated carbocycles. The number of hydrogen-bond acceptors (Lipinski definition) is 6. The number of aryl methyl sites for hydroxylation is 1. The van der Waals surface area contributed by atoms with Crippen molar-refractivity contribution in [2.75, 3.05) is 7.11 Å². The molecule has 2 aromatic rings. The van der Waals surface area contributed by atoms with E-state index >= 15 is 0 Å². The van der Waals surface area contributed by atoms with E-state index in [-0.39, 0.29) is 13.0 Å². The van der Waals surface area contributed by atoms with Crippen molar-refractivity contribution in [3.8, 4) is 0 Å². The Bertz CT molecular complexity index is 870. The summed E-state index contributed by atoms with van der Waals surface area (Å²) in [5, 5.41) is 0. The summed E-state index contributed by atoms with van der Waals surface area (Å²) in [6.45, 7) is 5.31. The molecule has 0 aliphatic heterocycles. The van der Waals surface area contributed by atoms with Crippen LogP contribution < -0.4 is 0 Å². The molecule has 0 aliphatic carbocycles. The second-order valence-corrected chi connectivity index (χ2v) is 8.64. The van der Waals surface area contributed by atoms with Gasteiger partial charge in [-0.05, 0) is 44.7 Å². The van der Waals surface area contributed by atoms with Gasteiger partial charge in [0, 0.05) is 0 Å². The van der Waals surface area contributed by atoms with Crippen LogP contribution in [0.4, 0.5) is 0 Å². The molecular weight excluding hydrogens is 408 g/mol. The quantitative estimate of drug-likeness (QED) is 0.400. The highest BCUT2D eigenvalue weighted by Crippen LogP contribution is 2.27. The molecule has 0 amide bonds. The maximum Gasteiger partial charge on any atom is 0.310 e. The Kier molecular flexibility index (Phi) is 9.44. The lowest BCUT2D eigenvalue weighted by Gasteiger charge is -2.25. The van der Waals surface area contributed by atoms with E-state index in [0.29, 0.717) is 12.8 Å². The van der Waals surface area contributed by atoms with Gasteiger partial charge in [-0.2, -0.15) is 0 Å². The fourth-order valence-electron chi connectivity index (χ4n) is 3.39. The number of rotatable bonds is 10. The smallest absolute Gasteiger partial charge is 0.310 e. The number of hydrogen-bond donors (Lipinski definition) is 0. The fraction of sp³-hybridized carbons (Fsp3) is 0.423. The average Bonchev–Trinajstić information content (AvgIpc) is 2.76. The largest absolute Gasteiger partial charge is 0.469 e. The van der Waals surface area contributed by atoms with Gasteiger partial charge in [0.05, 0.1) is 25.4 Å². The SMILES string of the molecule is COC(=O)C(CCc1ccccc1)C(CC(=O)OC(C)(C)C)C(=O)OCc1ccccc1. The number of carbonyl (C=O) groups is 3. The first-order valence-corrected chi connectivity index (χ1v) is 10.7. The molecule has 0 radical (unpaired) electrons. The summed E-state index contributed by atoms with van der Waals surface area (Å²) >= 11 is 0. The highest BCUT2D eigenvalue weighted by Gasteiger charge is 2.38. The summed E-state index contributed by atoms with van der Waals surface area (Å²) in [5.74, 6) is -3.58. The highest BCUT2D eigenvalue weighted by atomic mass is 16.6. The van der Waals surface area contributed by atoms with Crippen LogP contribution in [0.5, 0.6) is 0 Å². The Morgan fingerprint density at radius 3 is 1.91 bits per heavy atom. The third kappa shape index (κ3) is 8.53. The molecule has 0 spiro atoms. The lowest BCUT2D eigenvalue weighted by atomic mass is 9.84. The third-order valence-electron chi connectivity index (χ3n) is 4.91. The maximum atomic E-state index is 13.1. The van der Waals surface area contributed by atoms with Gasteiger partial charge in [0.1, 0.15) is 12.2 Å². The monoisotopic (exact) mass is 440 g/mol. The van der Waals surface area contributed by atoms with Crippen molar-refractivity contribution in [1.29, 1.82) is 0 Å². The fourth-order valence-corrected chi connectivity index (χ4v) is 3.39. The molecule has 2 aromatic carbocycles. The van der Waals surface area contributed by atoms with E-state index in [9.17, 15) is 14.4 Å². The van der Waals surface area contributed by atoms with Crippen molar-refractivity contribution in [2.24, 2.45) is 11.8 Å². The van der Waals surface area contributed by atoms with Crippen molar-refractivity contribution in [1.82, 2.24) is 0 Å². The Labute approximate surface area is 189 Å². The molecule has 2 rings (SSSR count). The second-order valence-electron chi connectivity index (χ2n) is 8.64. The molecule has 0 heterocycles. The topological polar surface area (TPSA) is 78.9 Å². The number of carbonyl (C=O) groups excluding carboxylic acids is 3. The zero-order valence-corrected chi connectivity index (χ0v) is 19.2. The minimum atomic E-state index is -1.01. The van der Waals surface area contributed by atoms with Crippen LogP contribution in [0.25, 0.3) is 0 Å². The van der Waals surface area contributed by atoms with Crippen molar-refractivity contribution in [2.45, 2.75) is 52.2 Å². The molecule has 32 heavy (non-hydrogen) atoms. The van der Waals surface area contributed by atoms with Crippen molar-refractivity contribution >= 4 is 17.9 Å². The molecule has 172 valence electrons. The molecule has 6 nitrogen and oxygen atoms in total. The molecular formula is C26H32O6. The number of methoxy groups -OCH3 is 1. The van der Waals surface area contributed by atoms with E-state index in [1.54, 1.807) is 20.8 Å². The van der Waals surface area contributed by atoms with Crippen LogP contribution in [-0.2, 0) is 41.6 Å². The van der Waals surface area contributed by atoms with Crippen LogP contribution in [0.15, 0.2) is 60.7 Å². The summed E-state index contributed by atoms with van der Waals surface area (Å²) in [7, 11) is 1.28. The van der Waals surface area contributed by atoms with Gasteiger partial charge in [-0.25, -0.2) is 0 Å². The van der Waals surface area contributed by atoms with E-state index in [1.165, 1.54) is 7.11 Å². The summed E-state index contributed by atoms with van der Waals surface area (Å²) in [4.78, 5) is 38.2. The van der Waals surface area contributed by atoms with E-state index < -0.39 is 35.3 Å². The number of esters is 3. The molecule has 0 bridgehead atoms. The average molecular weight is 441 g/mol. The maximum absolute atomic E-state index is 13.1. The normalized spacial score (nSPS) is 13.0. The Morgan fingerprint density at radius 1 is 0.812 bits per heavy atom. The van der Waals surface area contributed by atoms with Crippen LogP contribution in [-0.4, -0.2) is 30.6 Å². The van der Waals surface area contributed by atoms with Gasteiger partial charge >= 0.3 is 17.9 Å². The Hall–Kier alpha value is -3.15. The van der Waals surface area contributed by atoms with Gasteiger partial charge in [-0.15, -0.1) is 0 Å². The van der Waals surface area contributed by atoms with Gasteiger partial charge in [-0.1, -0.05) is 60.7 Å². The van der Waals surface area contributed by atoms with Crippen LogP contribution in [0.2, 0.25) is 0 Å². The van der Waals surface area contributed by atoms with Gasteiger partial charge in [0.15, 0.2) is 0 Å². The zero-order valence-electron chi connectivity index (χ0n) is 19.2. The summed E-state index contributed by atoms with van der Waals surface area (Å²) < 4.78 is 15.9. The summed E-state index contributed by atoms with van der Waals surface area (Å²) in [6.07, 6.45) is 0.626. The third-order valence-corrected chi connectivity index (χ3v) is 4.91. The minimum absolute atomic E-state index is 0.0526. The van der Waals surface area contributed by atoms with Crippen LogP contribution in [0, 0.1) is 11.8 Å². The molecule has 6 heteroatoms. The predicted molar refractivity (Wildman–Crippen MR) is 120 cm³/mol. The van der Waals surface area contributed by atoms with Crippen LogP contribution >= 0.6 is 0 Å². The highest BCUT2D eigenvalue weighted by molar-refractivity contribution is 5.86. The van der Waals surface area contributed by atoms with Crippen LogP contribution in [0.1, 0.15) is 44.7 Å². The van der Waals surface area contributed by atoms with Crippen molar-refractivity contribution in [3.05, 3.63) is 71.8 Å². The zero-order chi connectivity index (χ0) is 23.6. The molecule has 2 unspecified atom stereocenters. The van der Waals surface area contributed by atoms with Gasteiger partial charge in [0.25, 0.3) is 0 Å². The van der Waals surface area contributed by atoms with Crippen LogP contribution in [0.3, 0.4) is 0 Å². The molecule has 2 atom stereocenters. The van der Waals surface area contributed by atoms with E-state index in [2.05, 4.69) is 0 Å². The summed E-state index contributed by atoms with van der Waals surface area (Å²) in [5.41, 5.74) is 1.13. The molecule has 0 aromatic heterocycles. The number of ether oxygens (including phenoxy) is 3. The van der Waals surface area contributed by atoms with E-state index in [4.69, 9.17) is 14.2 Å². The predicted octanol–water partition coefficient (Wildman–Crippen LogP) is 4.50. The van der Waals surface area contributed by atoms with Crippen molar-refractivity contribution in [3.63, 3.8) is 0 Å². The lowest BCUT2D eigenvalue weighted by molar-refractivity contribution is -0.167. The Balaban J connectivity index is 2.21. The van der Waals surface area contributed by atoms with Gasteiger partial charge in [-0.3, -0.25) is 14.4 Å². The van der Waals surface area contributed by atoms with Gasteiger partial charge in [0.2, 0.25) is 0 Å². The first-order chi connectivity index (χ1) is 15.2. The standard InChI is InChI=1S/C26H32O6/c1-26(2,3)32-23(27)17-22(25(29)31-18-20-13-9-6-10-14-20)21(24(28)30-4)16-15-19-11-7-5-8-12-19/h5-14,21-22H,15-18H2,1-4H3. The summed E-state index contributed by atoms with van der Waals surface area (Å²) in [6, 6.07) is 18.9. The minimum Gasteiger partial charge on any atom is -0.469 e. The second kappa shape index (κ2) is 12.0. The Morgan fingerprint density at radius 2 is 1.38 bits per heavy atom. The van der Waals surface area contributed by atoms with Gasteiger partial charge < -0.3 is 14.2 Å². The van der Waals surface area contributed by atoms with E-state index in [0.717, 1.165) is 11.1 Å². The lowest BCUT2D eigenvalue weighted by Crippen LogP contribution is -2.36. The first kappa shape index (κ1) is 25.1. The van der Waals surface area contributed by atoms with E-state index in [1.807, 2.05) is 60.7 Å². The molecule has 0 saturated heterocycles. The molecule has 0 fully saturated rings. The first-order valence-electron chi connectivity index (χ1n) is 10.7.